The van der Waals surface area contributed by atoms with Crippen LogP contribution in [0.3, 0.4) is 0 Å². The molecule has 0 aliphatic rings. The molecule has 7 heteroatoms. The molecule has 3 aromatic rings. The van der Waals surface area contributed by atoms with Gasteiger partial charge in [-0.15, -0.1) is 0 Å². The lowest BCUT2D eigenvalue weighted by Gasteiger charge is -2.02. The summed E-state index contributed by atoms with van der Waals surface area (Å²) in [7, 11) is 0. The highest BCUT2D eigenvalue weighted by atomic mass is 16.3. The number of aliphatic hydroxyl groups excluding tert-OH is 1. The van der Waals surface area contributed by atoms with Crippen LogP contribution in [0.1, 0.15) is 0 Å². The first-order valence-electron chi connectivity index (χ1n) is 8.92. The largest absolute Gasteiger partial charge is 0.509 e. The van der Waals surface area contributed by atoms with Crippen LogP contribution in [-0.4, -0.2) is 21.9 Å². The maximum atomic E-state index is 11.8. The average molecular weight is 401 g/mol. The Labute approximate surface area is 172 Å². The summed E-state index contributed by atoms with van der Waals surface area (Å²) >= 11 is 0. The normalized spacial score (nSPS) is 11.1. The van der Waals surface area contributed by atoms with Crippen LogP contribution in [0.2, 0.25) is 0 Å². The molecule has 0 unspecified atom stereocenters. The van der Waals surface area contributed by atoms with Crippen molar-refractivity contribution in [2.75, 3.05) is 10.6 Å². The number of carbonyl (C=O) groups excluding carboxylic acids is 2. The third-order valence-electron chi connectivity index (χ3n) is 3.87. The maximum Gasteiger partial charge on any atom is 0.248 e. The molecule has 0 bridgehead atoms. The molecule has 7 nitrogen and oxygen atoms in total. The SMILES string of the molecule is C=C/C=C\C(=O)Nc1ccc(-c2nc3ccc(NC(=O)/C=C\C(=C)O)cc3o2)cc1. The molecule has 1 heterocycles. The van der Waals surface area contributed by atoms with E-state index >= 15 is 0 Å². The zero-order valence-electron chi connectivity index (χ0n) is 16.0. The minimum absolute atomic E-state index is 0.209. The van der Waals surface area contributed by atoms with Crippen LogP contribution in [0.25, 0.3) is 22.6 Å². The van der Waals surface area contributed by atoms with Crippen molar-refractivity contribution >= 4 is 34.3 Å². The molecule has 2 aromatic carbocycles. The summed E-state index contributed by atoms with van der Waals surface area (Å²) in [6, 6.07) is 12.1. The van der Waals surface area contributed by atoms with E-state index in [4.69, 9.17) is 9.52 Å². The molecule has 0 atom stereocenters. The standard InChI is InChI=1S/C23H19N3O4/c1-3-4-5-21(28)24-17-9-7-16(8-10-17)23-26-19-12-11-18(14-20(19)30-23)25-22(29)13-6-15(2)27/h3-14,27H,1-2H2,(H,24,28)(H,25,29)/b5-4-,13-6-. The van der Waals surface area contributed by atoms with E-state index in [9.17, 15) is 9.59 Å². The van der Waals surface area contributed by atoms with Crippen molar-refractivity contribution in [3.63, 3.8) is 0 Å². The first-order chi connectivity index (χ1) is 14.4. The number of benzene rings is 2. The first-order valence-corrected chi connectivity index (χ1v) is 8.92. The van der Waals surface area contributed by atoms with Gasteiger partial charge in [0.05, 0.1) is 0 Å². The Hall–Kier alpha value is -4.39. The molecule has 0 aliphatic carbocycles. The van der Waals surface area contributed by atoms with Crippen LogP contribution >= 0.6 is 0 Å². The van der Waals surface area contributed by atoms with Gasteiger partial charge in [-0.1, -0.05) is 25.3 Å². The second-order valence-electron chi connectivity index (χ2n) is 6.18. The fourth-order valence-electron chi connectivity index (χ4n) is 2.52. The van der Waals surface area contributed by atoms with Crippen molar-refractivity contribution in [2.24, 2.45) is 0 Å². The second kappa shape index (κ2) is 9.20. The summed E-state index contributed by atoms with van der Waals surface area (Å²) in [6.07, 6.45) is 6.83. The van der Waals surface area contributed by atoms with Gasteiger partial charge in [0.25, 0.3) is 0 Å². The molecular weight excluding hydrogens is 382 g/mol. The van der Waals surface area contributed by atoms with Gasteiger partial charge in [-0.2, -0.15) is 0 Å². The maximum absolute atomic E-state index is 11.8. The van der Waals surface area contributed by atoms with E-state index < -0.39 is 5.91 Å². The number of fused-ring (bicyclic) bond motifs is 1. The molecule has 0 spiro atoms. The van der Waals surface area contributed by atoms with Gasteiger partial charge in [0, 0.05) is 35.2 Å². The van der Waals surface area contributed by atoms with E-state index in [1.165, 1.54) is 24.3 Å². The summed E-state index contributed by atoms with van der Waals surface area (Å²) in [5, 5.41) is 14.4. The van der Waals surface area contributed by atoms with Crippen LogP contribution in [0.15, 0.2) is 96.2 Å². The molecule has 150 valence electrons. The number of nitrogens with one attached hydrogen (secondary N) is 2. The van der Waals surface area contributed by atoms with Crippen molar-refractivity contribution in [1.29, 1.82) is 0 Å². The molecule has 1 aromatic heterocycles. The van der Waals surface area contributed by atoms with Gasteiger partial charge in [0.15, 0.2) is 5.58 Å². The molecular formula is C23H19N3O4. The summed E-state index contributed by atoms with van der Waals surface area (Å²) < 4.78 is 5.80. The Bertz CT molecular complexity index is 1170. The number of hydrogen-bond acceptors (Lipinski definition) is 5. The Balaban J connectivity index is 1.74. The highest BCUT2D eigenvalue weighted by molar-refractivity contribution is 6.00. The van der Waals surface area contributed by atoms with E-state index in [0.717, 1.165) is 5.56 Å². The quantitative estimate of drug-likeness (QED) is 0.301. The van der Waals surface area contributed by atoms with Crippen LogP contribution < -0.4 is 10.6 Å². The Morgan fingerprint density at radius 1 is 0.967 bits per heavy atom. The zero-order chi connectivity index (χ0) is 21.5. The lowest BCUT2D eigenvalue weighted by molar-refractivity contribution is -0.112. The average Bonchev–Trinajstić information content (AvgIpc) is 3.14. The van der Waals surface area contributed by atoms with Gasteiger partial charge in [0.1, 0.15) is 11.3 Å². The van der Waals surface area contributed by atoms with Crippen molar-refractivity contribution in [3.8, 4) is 11.5 Å². The molecule has 30 heavy (non-hydrogen) atoms. The molecule has 0 saturated carbocycles. The molecule has 0 fully saturated rings. The zero-order valence-corrected chi connectivity index (χ0v) is 16.0. The monoisotopic (exact) mass is 401 g/mol. The van der Waals surface area contributed by atoms with Gasteiger partial charge < -0.3 is 20.2 Å². The minimum Gasteiger partial charge on any atom is -0.509 e. The smallest absolute Gasteiger partial charge is 0.248 e. The van der Waals surface area contributed by atoms with E-state index in [1.807, 2.05) is 0 Å². The van der Waals surface area contributed by atoms with Gasteiger partial charge in [-0.25, -0.2) is 4.98 Å². The number of amides is 2. The second-order valence-corrected chi connectivity index (χ2v) is 6.18. The number of hydrogen-bond donors (Lipinski definition) is 3. The third kappa shape index (κ3) is 5.32. The highest BCUT2D eigenvalue weighted by Gasteiger charge is 2.10. The number of rotatable bonds is 7. The minimum atomic E-state index is -0.412. The summed E-state index contributed by atoms with van der Waals surface area (Å²) in [4.78, 5) is 28.0. The first kappa shape index (κ1) is 20.3. The summed E-state index contributed by atoms with van der Waals surface area (Å²) in [5.74, 6) is -0.462. The van der Waals surface area contributed by atoms with Crippen molar-refractivity contribution < 1.29 is 19.1 Å². The van der Waals surface area contributed by atoms with Crippen LogP contribution in [0.5, 0.6) is 0 Å². The molecule has 0 saturated heterocycles. The van der Waals surface area contributed by atoms with Gasteiger partial charge in [0.2, 0.25) is 17.7 Å². The van der Waals surface area contributed by atoms with Gasteiger partial charge >= 0.3 is 0 Å². The van der Waals surface area contributed by atoms with E-state index in [2.05, 4.69) is 28.8 Å². The highest BCUT2D eigenvalue weighted by Crippen LogP contribution is 2.27. The topological polar surface area (TPSA) is 104 Å². The van der Waals surface area contributed by atoms with E-state index in [-0.39, 0.29) is 11.7 Å². The molecule has 0 aliphatic heterocycles. The predicted molar refractivity (Wildman–Crippen MR) is 117 cm³/mol. The lowest BCUT2D eigenvalue weighted by Crippen LogP contribution is -2.07. The molecule has 3 rings (SSSR count). The number of carbonyl (C=O) groups is 2. The Morgan fingerprint density at radius 2 is 1.63 bits per heavy atom. The Kier molecular flexibility index (Phi) is 6.24. The van der Waals surface area contributed by atoms with E-state index in [0.29, 0.717) is 28.4 Å². The van der Waals surface area contributed by atoms with Crippen LogP contribution in [0, 0.1) is 0 Å². The van der Waals surface area contributed by atoms with Gasteiger partial charge in [-0.3, -0.25) is 9.59 Å². The summed E-state index contributed by atoms with van der Waals surface area (Å²) in [6.45, 7) is 6.79. The van der Waals surface area contributed by atoms with Crippen molar-refractivity contribution in [3.05, 3.63) is 91.8 Å². The molecule has 0 radical (unpaired) electrons. The van der Waals surface area contributed by atoms with E-state index in [1.54, 1.807) is 48.5 Å². The number of aromatic nitrogens is 1. The fraction of sp³-hybridized carbons (Fsp3) is 0. The summed E-state index contributed by atoms with van der Waals surface area (Å²) in [5.41, 5.74) is 3.03. The number of nitrogens with zero attached hydrogens (tertiary/aromatic N) is 1. The molecule has 3 N–H and O–H groups in total. The Morgan fingerprint density at radius 3 is 2.33 bits per heavy atom. The predicted octanol–water partition coefficient (Wildman–Crippen LogP) is 4.74. The molecule has 2 amide bonds. The number of aliphatic hydroxyl groups is 1. The number of anilines is 2. The fourth-order valence-corrected chi connectivity index (χ4v) is 2.52. The van der Waals surface area contributed by atoms with Gasteiger partial charge in [-0.05, 0) is 42.5 Å². The van der Waals surface area contributed by atoms with Crippen LogP contribution in [0.4, 0.5) is 11.4 Å². The van der Waals surface area contributed by atoms with Crippen molar-refractivity contribution in [2.45, 2.75) is 0 Å². The van der Waals surface area contributed by atoms with Crippen molar-refractivity contribution in [1.82, 2.24) is 4.98 Å². The van der Waals surface area contributed by atoms with Crippen LogP contribution in [-0.2, 0) is 9.59 Å². The third-order valence-corrected chi connectivity index (χ3v) is 3.87. The number of allylic oxidation sites excluding steroid dienone is 3. The number of oxazole rings is 1. The lowest BCUT2D eigenvalue weighted by atomic mass is 10.2.